The first-order chi connectivity index (χ1) is 13.7. The monoisotopic (exact) mass is 397 g/mol. The van der Waals surface area contributed by atoms with E-state index in [1.54, 1.807) is 13.3 Å². The molecule has 1 amide bonds. The highest BCUT2D eigenvalue weighted by molar-refractivity contribution is 5.94. The zero-order valence-electron chi connectivity index (χ0n) is 18.0. The van der Waals surface area contributed by atoms with Crippen LogP contribution >= 0.6 is 0 Å². The molecule has 1 unspecified atom stereocenters. The number of amides is 1. The molecule has 0 spiro atoms. The molecule has 1 N–H and O–H groups in total. The van der Waals surface area contributed by atoms with Crippen molar-refractivity contribution >= 4 is 5.91 Å². The van der Waals surface area contributed by atoms with E-state index in [-0.39, 0.29) is 16.9 Å². The smallest absolute Gasteiger partial charge is 0.254 e. The largest absolute Gasteiger partial charge is 0.497 e. The minimum absolute atomic E-state index is 0.0554. The van der Waals surface area contributed by atoms with Crippen molar-refractivity contribution in [1.29, 1.82) is 0 Å². The van der Waals surface area contributed by atoms with E-state index in [2.05, 4.69) is 41.3 Å². The van der Waals surface area contributed by atoms with Crippen molar-refractivity contribution in [3.63, 3.8) is 0 Å². The van der Waals surface area contributed by atoms with E-state index in [1.807, 2.05) is 26.0 Å². The van der Waals surface area contributed by atoms with Gasteiger partial charge in [0.1, 0.15) is 11.6 Å². The number of rotatable bonds is 6. The van der Waals surface area contributed by atoms with Crippen LogP contribution in [0.3, 0.4) is 0 Å². The molecule has 2 heterocycles. The second-order valence-corrected chi connectivity index (χ2v) is 8.47. The maximum atomic E-state index is 12.6. The van der Waals surface area contributed by atoms with Gasteiger partial charge in [-0.25, -0.2) is 9.97 Å². The van der Waals surface area contributed by atoms with E-state index in [9.17, 15) is 4.79 Å². The standard InChI is InChI=1S/C23H31N3O3/c1-16-20(14-25-17(2)26-16)21(27)24-12-10-23(11-13-29-22(3,4)15-23)18-6-8-19(28-5)9-7-18/h6-9,14H,10-13,15H2,1-5H3,(H,24,27). The first-order valence-electron chi connectivity index (χ1n) is 10.1. The van der Waals surface area contributed by atoms with E-state index in [0.29, 0.717) is 30.2 Å². The Hall–Kier alpha value is -2.47. The molecule has 1 atom stereocenters. The van der Waals surface area contributed by atoms with E-state index < -0.39 is 0 Å². The lowest BCUT2D eigenvalue weighted by atomic mass is 9.67. The highest BCUT2D eigenvalue weighted by Crippen LogP contribution is 2.44. The normalized spacial score (nSPS) is 20.9. The molecular weight excluding hydrogens is 366 g/mol. The van der Waals surface area contributed by atoms with E-state index >= 15 is 0 Å². The molecule has 1 aromatic heterocycles. The van der Waals surface area contributed by atoms with Crippen LogP contribution in [0.15, 0.2) is 30.5 Å². The summed E-state index contributed by atoms with van der Waals surface area (Å²) in [5.41, 5.74) is 2.23. The number of aromatic nitrogens is 2. The van der Waals surface area contributed by atoms with Gasteiger partial charge in [-0.3, -0.25) is 4.79 Å². The predicted octanol–water partition coefficient (Wildman–Crippen LogP) is 3.75. The fourth-order valence-electron chi connectivity index (χ4n) is 4.34. The molecule has 1 saturated heterocycles. The summed E-state index contributed by atoms with van der Waals surface area (Å²) in [6.45, 7) is 9.21. The number of methoxy groups -OCH3 is 1. The quantitative estimate of drug-likeness (QED) is 0.804. The maximum absolute atomic E-state index is 12.6. The SMILES string of the molecule is COc1ccc(C2(CCNC(=O)c3cnc(C)nc3C)CCOC(C)(C)C2)cc1. The van der Waals surface area contributed by atoms with Gasteiger partial charge in [-0.15, -0.1) is 0 Å². The number of ether oxygens (including phenoxy) is 2. The van der Waals surface area contributed by atoms with E-state index in [1.165, 1.54) is 5.56 Å². The second-order valence-electron chi connectivity index (χ2n) is 8.47. The number of hydrogen-bond donors (Lipinski definition) is 1. The van der Waals surface area contributed by atoms with Gasteiger partial charge in [0.05, 0.1) is 24.0 Å². The molecule has 156 valence electrons. The molecular formula is C23H31N3O3. The Balaban J connectivity index is 1.76. The number of nitrogens with zero attached hydrogens (tertiary/aromatic N) is 2. The molecule has 6 nitrogen and oxygen atoms in total. The Morgan fingerprint density at radius 2 is 1.97 bits per heavy atom. The van der Waals surface area contributed by atoms with Crippen molar-refractivity contribution in [2.24, 2.45) is 0 Å². The van der Waals surface area contributed by atoms with Crippen LogP contribution in [0.2, 0.25) is 0 Å². The average molecular weight is 398 g/mol. The molecule has 3 rings (SSSR count). The third-order valence-corrected chi connectivity index (χ3v) is 5.77. The number of aryl methyl sites for hydroxylation is 2. The number of nitrogens with one attached hydrogen (secondary N) is 1. The minimum atomic E-state index is -0.205. The number of carbonyl (C=O) groups is 1. The Kier molecular flexibility index (Phi) is 6.22. The summed E-state index contributed by atoms with van der Waals surface area (Å²) >= 11 is 0. The molecule has 0 saturated carbocycles. The van der Waals surface area contributed by atoms with Gasteiger partial charge in [0.25, 0.3) is 5.91 Å². The van der Waals surface area contributed by atoms with Crippen molar-refractivity contribution in [2.45, 2.75) is 58.0 Å². The Morgan fingerprint density at radius 3 is 2.59 bits per heavy atom. The van der Waals surface area contributed by atoms with Gasteiger partial charge in [0.15, 0.2) is 0 Å². The Labute approximate surface area is 173 Å². The fourth-order valence-corrected chi connectivity index (χ4v) is 4.34. The predicted molar refractivity (Wildman–Crippen MR) is 112 cm³/mol. The molecule has 1 aromatic carbocycles. The third-order valence-electron chi connectivity index (χ3n) is 5.77. The summed E-state index contributed by atoms with van der Waals surface area (Å²) < 4.78 is 11.3. The molecule has 0 bridgehead atoms. The Morgan fingerprint density at radius 1 is 1.24 bits per heavy atom. The van der Waals surface area contributed by atoms with Gasteiger partial charge in [-0.2, -0.15) is 0 Å². The van der Waals surface area contributed by atoms with Crippen LogP contribution in [0, 0.1) is 13.8 Å². The maximum Gasteiger partial charge on any atom is 0.254 e. The lowest BCUT2D eigenvalue weighted by Gasteiger charge is -2.45. The van der Waals surface area contributed by atoms with Crippen LogP contribution in [-0.4, -0.2) is 41.7 Å². The molecule has 1 fully saturated rings. The lowest BCUT2D eigenvalue weighted by Crippen LogP contribution is -2.45. The molecule has 0 aliphatic carbocycles. The van der Waals surface area contributed by atoms with Crippen molar-refractivity contribution < 1.29 is 14.3 Å². The van der Waals surface area contributed by atoms with Crippen LogP contribution in [0.5, 0.6) is 5.75 Å². The van der Waals surface area contributed by atoms with Crippen LogP contribution in [-0.2, 0) is 10.2 Å². The summed E-state index contributed by atoms with van der Waals surface area (Å²) in [4.78, 5) is 21.1. The van der Waals surface area contributed by atoms with Gasteiger partial charge < -0.3 is 14.8 Å². The third kappa shape index (κ3) is 4.93. The number of benzene rings is 1. The van der Waals surface area contributed by atoms with Gasteiger partial charge >= 0.3 is 0 Å². The molecule has 6 heteroatoms. The minimum Gasteiger partial charge on any atom is -0.497 e. The second kappa shape index (κ2) is 8.49. The van der Waals surface area contributed by atoms with Crippen LogP contribution in [0.1, 0.15) is 60.5 Å². The highest BCUT2D eigenvalue weighted by atomic mass is 16.5. The molecule has 1 aliphatic rings. The van der Waals surface area contributed by atoms with Crippen molar-refractivity contribution in [1.82, 2.24) is 15.3 Å². The summed E-state index contributed by atoms with van der Waals surface area (Å²) in [5.74, 6) is 1.39. The molecule has 0 radical (unpaired) electrons. The van der Waals surface area contributed by atoms with Crippen LogP contribution in [0.4, 0.5) is 0 Å². The molecule has 29 heavy (non-hydrogen) atoms. The topological polar surface area (TPSA) is 73.3 Å². The van der Waals surface area contributed by atoms with E-state index in [4.69, 9.17) is 9.47 Å². The zero-order chi connectivity index (χ0) is 21.1. The first-order valence-corrected chi connectivity index (χ1v) is 10.1. The molecule has 2 aromatic rings. The van der Waals surface area contributed by atoms with Crippen molar-refractivity contribution in [2.75, 3.05) is 20.3 Å². The van der Waals surface area contributed by atoms with Crippen molar-refractivity contribution in [3.05, 3.63) is 53.1 Å². The highest BCUT2D eigenvalue weighted by Gasteiger charge is 2.41. The van der Waals surface area contributed by atoms with Gasteiger partial charge in [-0.1, -0.05) is 12.1 Å². The van der Waals surface area contributed by atoms with Crippen LogP contribution < -0.4 is 10.1 Å². The zero-order valence-corrected chi connectivity index (χ0v) is 18.0. The van der Waals surface area contributed by atoms with Gasteiger partial charge in [0.2, 0.25) is 0 Å². The molecule has 1 aliphatic heterocycles. The van der Waals surface area contributed by atoms with Crippen LogP contribution in [0.25, 0.3) is 0 Å². The van der Waals surface area contributed by atoms with Gasteiger partial charge in [-0.05, 0) is 64.7 Å². The summed E-state index contributed by atoms with van der Waals surface area (Å²) in [6, 6.07) is 8.29. The fraction of sp³-hybridized carbons (Fsp3) is 0.522. The average Bonchev–Trinajstić information content (AvgIpc) is 2.67. The summed E-state index contributed by atoms with van der Waals surface area (Å²) in [6.07, 6.45) is 4.26. The number of carbonyl (C=O) groups excluding carboxylic acids is 1. The lowest BCUT2D eigenvalue weighted by molar-refractivity contribution is -0.0838. The van der Waals surface area contributed by atoms with Crippen molar-refractivity contribution in [3.8, 4) is 5.75 Å². The van der Waals surface area contributed by atoms with E-state index in [0.717, 1.165) is 25.0 Å². The van der Waals surface area contributed by atoms with Gasteiger partial charge in [0, 0.05) is 24.8 Å². The summed E-state index contributed by atoms with van der Waals surface area (Å²) in [7, 11) is 1.68. The summed E-state index contributed by atoms with van der Waals surface area (Å²) in [5, 5.41) is 3.07. The number of hydrogen-bond acceptors (Lipinski definition) is 5. The first kappa shape index (κ1) is 21.2. The Bertz CT molecular complexity index is 864.